The van der Waals surface area contributed by atoms with Crippen molar-refractivity contribution >= 4 is 47.4 Å². The number of aromatic nitrogens is 3. The number of pyridine rings is 1. The second-order valence-electron chi connectivity index (χ2n) is 9.77. The molecule has 3 heterocycles. The highest BCUT2D eigenvalue weighted by Gasteiger charge is 2.46. The second kappa shape index (κ2) is 9.40. The Bertz CT molecular complexity index is 1290. The Balaban J connectivity index is 1.26. The highest BCUT2D eigenvalue weighted by Crippen LogP contribution is 2.51. The number of benzene rings is 1. The fourth-order valence-electron chi connectivity index (χ4n) is 5.17. The van der Waals surface area contributed by atoms with Gasteiger partial charge in [0.1, 0.15) is 23.8 Å². The van der Waals surface area contributed by atoms with E-state index in [1.54, 1.807) is 19.4 Å². The van der Waals surface area contributed by atoms with Crippen molar-refractivity contribution in [3.05, 3.63) is 59.0 Å². The second-order valence-corrected chi connectivity index (χ2v) is 14.4. The maximum atomic E-state index is 12.6. The van der Waals surface area contributed by atoms with Gasteiger partial charge in [0.2, 0.25) is 0 Å². The first kappa shape index (κ1) is 24.6. The Labute approximate surface area is 215 Å². The molecule has 3 aromatic rings. The smallest absolute Gasteiger partial charge is 0.147 e. The Hall–Kier alpha value is -2.12. The molecule has 1 fully saturated rings. The highest BCUT2D eigenvalue weighted by atomic mass is 35.5. The summed E-state index contributed by atoms with van der Waals surface area (Å²) in [4.78, 5) is 16.7. The minimum Gasteiger partial charge on any atom is -0.372 e. The number of fused-ring (bicyclic) bond motifs is 1. The lowest BCUT2D eigenvalue weighted by Crippen LogP contribution is -2.44. The van der Waals surface area contributed by atoms with Gasteiger partial charge in [-0.15, -0.1) is 0 Å². The summed E-state index contributed by atoms with van der Waals surface area (Å²) in [6.45, 7) is 5.41. The van der Waals surface area contributed by atoms with Gasteiger partial charge >= 0.3 is 0 Å². The number of anilines is 2. The zero-order valence-corrected chi connectivity index (χ0v) is 22.6. The first-order valence-electron chi connectivity index (χ1n) is 11.7. The van der Waals surface area contributed by atoms with E-state index < -0.39 is 7.14 Å². The minimum atomic E-state index is -2.31. The summed E-state index contributed by atoms with van der Waals surface area (Å²) in [6, 6.07) is 8.11. The molecule has 0 amide bonds. The summed E-state index contributed by atoms with van der Waals surface area (Å²) in [6.07, 6.45) is 8.33. The van der Waals surface area contributed by atoms with Gasteiger partial charge < -0.3 is 20.5 Å². The van der Waals surface area contributed by atoms with E-state index in [-0.39, 0.29) is 11.5 Å². The van der Waals surface area contributed by atoms with Gasteiger partial charge in [0.25, 0.3) is 0 Å². The summed E-state index contributed by atoms with van der Waals surface area (Å²) in [5.41, 5.74) is 9.35. The predicted molar refractivity (Wildman–Crippen MR) is 145 cm³/mol. The molecule has 1 aromatic carbocycles. The Kier molecular flexibility index (Phi) is 6.60. The van der Waals surface area contributed by atoms with E-state index in [0.29, 0.717) is 10.8 Å². The summed E-state index contributed by atoms with van der Waals surface area (Å²) in [5.74, 6) is 1.52. The predicted octanol–water partition coefficient (Wildman–Crippen LogP) is 4.81. The Morgan fingerprint density at radius 2 is 1.94 bits per heavy atom. The Morgan fingerprint density at radius 3 is 2.60 bits per heavy atom. The lowest BCUT2D eigenvalue weighted by Gasteiger charge is -2.42. The molecule has 0 saturated carbocycles. The molecule has 1 spiro atoms. The van der Waals surface area contributed by atoms with Gasteiger partial charge in [0.15, 0.2) is 0 Å². The van der Waals surface area contributed by atoms with Crippen LogP contribution < -0.4 is 21.3 Å². The molecule has 0 unspecified atom stereocenters. The molecule has 35 heavy (non-hydrogen) atoms. The SMILES string of the molecule is CNc1nccc(Sc2cnc(N3CCC4(CC3)Cc3ccc(P(C)(C)=O)cc3[C@H]4N)cn2)c1Cl. The van der Waals surface area contributed by atoms with Crippen LogP contribution in [0, 0.1) is 5.41 Å². The zero-order valence-electron chi connectivity index (χ0n) is 20.2. The van der Waals surface area contributed by atoms with Crippen LogP contribution >= 0.6 is 30.5 Å². The van der Waals surface area contributed by atoms with Crippen LogP contribution in [0.5, 0.6) is 0 Å². The molecular formula is C25H30ClN6OPS. The molecule has 184 valence electrons. The molecule has 1 saturated heterocycles. The van der Waals surface area contributed by atoms with E-state index in [0.717, 1.165) is 53.4 Å². The third-order valence-electron chi connectivity index (χ3n) is 7.29. The van der Waals surface area contributed by atoms with Gasteiger partial charge in [0.05, 0.1) is 17.4 Å². The average Bonchev–Trinajstić information content (AvgIpc) is 3.11. The minimum absolute atomic E-state index is 0.0244. The lowest BCUT2D eigenvalue weighted by molar-refractivity contribution is 0.187. The van der Waals surface area contributed by atoms with E-state index in [2.05, 4.69) is 37.3 Å². The zero-order chi connectivity index (χ0) is 24.8. The van der Waals surface area contributed by atoms with Gasteiger partial charge in [-0.2, -0.15) is 0 Å². The van der Waals surface area contributed by atoms with Crippen molar-refractivity contribution in [2.75, 3.05) is 43.7 Å². The summed E-state index contributed by atoms with van der Waals surface area (Å²) in [5, 5.41) is 5.27. The normalized spacial score (nSPS) is 19.1. The van der Waals surface area contributed by atoms with Crippen molar-refractivity contribution in [2.45, 2.75) is 35.2 Å². The van der Waals surface area contributed by atoms with Gasteiger partial charge in [0, 0.05) is 42.6 Å². The fourth-order valence-corrected chi connectivity index (χ4v) is 7.13. The number of rotatable bonds is 5. The number of halogens is 1. The number of hydrogen-bond acceptors (Lipinski definition) is 8. The van der Waals surface area contributed by atoms with Crippen LogP contribution in [-0.4, -0.2) is 48.4 Å². The maximum Gasteiger partial charge on any atom is 0.147 e. The number of piperidine rings is 1. The van der Waals surface area contributed by atoms with Crippen LogP contribution in [0.4, 0.5) is 11.6 Å². The molecule has 2 aliphatic rings. The van der Waals surface area contributed by atoms with Gasteiger partial charge in [-0.3, -0.25) is 0 Å². The standard InChI is InChI=1S/C25H30ClN6OPS/c1-28-24-22(26)19(6-9-29-24)35-21-15-30-20(14-31-21)32-10-7-25(8-11-32)13-16-4-5-17(34(2,3)33)12-18(16)23(25)27/h4-6,9,12,14-15,23H,7-8,10-11,13,27H2,1-3H3,(H,28,29)/t23-/m1/s1. The lowest BCUT2D eigenvalue weighted by atomic mass is 9.73. The van der Waals surface area contributed by atoms with Crippen LogP contribution in [0.25, 0.3) is 0 Å². The molecule has 0 radical (unpaired) electrons. The third-order valence-corrected chi connectivity index (χ3v) is 10.3. The highest BCUT2D eigenvalue weighted by molar-refractivity contribution is 7.99. The van der Waals surface area contributed by atoms with Crippen molar-refractivity contribution in [1.82, 2.24) is 15.0 Å². The van der Waals surface area contributed by atoms with Crippen molar-refractivity contribution in [1.29, 1.82) is 0 Å². The summed E-state index contributed by atoms with van der Waals surface area (Å²) < 4.78 is 12.6. The van der Waals surface area contributed by atoms with Crippen molar-refractivity contribution < 1.29 is 4.57 Å². The van der Waals surface area contributed by atoms with E-state index in [9.17, 15) is 4.57 Å². The quantitative estimate of drug-likeness (QED) is 0.455. The molecule has 2 aromatic heterocycles. The van der Waals surface area contributed by atoms with E-state index in [4.69, 9.17) is 17.3 Å². The van der Waals surface area contributed by atoms with E-state index in [1.165, 1.54) is 22.9 Å². The first-order valence-corrected chi connectivity index (χ1v) is 15.5. The molecule has 10 heteroatoms. The molecule has 7 nitrogen and oxygen atoms in total. The molecule has 3 N–H and O–H groups in total. The van der Waals surface area contributed by atoms with Crippen LogP contribution in [0.15, 0.2) is 52.8 Å². The van der Waals surface area contributed by atoms with E-state index >= 15 is 0 Å². The summed E-state index contributed by atoms with van der Waals surface area (Å²) in [7, 11) is -0.512. The number of nitrogens with two attached hydrogens (primary N) is 1. The number of hydrogen-bond donors (Lipinski definition) is 2. The van der Waals surface area contributed by atoms with Crippen LogP contribution in [-0.2, 0) is 11.0 Å². The van der Waals surface area contributed by atoms with Crippen molar-refractivity contribution in [3.63, 3.8) is 0 Å². The van der Waals surface area contributed by atoms with Crippen LogP contribution in [0.3, 0.4) is 0 Å². The number of nitrogens with zero attached hydrogens (tertiary/aromatic N) is 4. The number of nitrogens with one attached hydrogen (secondary N) is 1. The van der Waals surface area contributed by atoms with Gasteiger partial charge in [-0.1, -0.05) is 35.5 Å². The van der Waals surface area contributed by atoms with E-state index in [1.807, 2.05) is 31.7 Å². The monoisotopic (exact) mass is 528 g/mol. The summed E-state index contributed by atoms with van der Waals surface area (Å²) >= 11 is 7.89. The van der Waals surface area contributed by atoms with Crippen LogP contribution in [0.1, 0.15) is 30.0 Å². The molecular weight excluding hydrogens is 499 g/mol. The maximum absolute atomic E-state index is 12.6. The van der Waals surface area contributed by atoms with Gasteiger partial charge in [-0.05, 0) is 61.3 Å². The topological polar surface area (TPSA) is 97.0 Å². The molecule has 1 aliphatic heterocycles. The molecule has 5 rings (SSSR count). The average molecular weight is 529 g/mol. The first-order chi connectivity index (χ1) is 16.7. The van der Waals surface area contributed by atoms with Gasteiger partial charge in [-0.25, -0.2) is 15.0 Å². The largest absolute Gasteiger partial charge is 0.372 e. The van der Waals surface area contributed by atoms with Crippen LogP contribution in [0.2, 0.25) is 5.02 Å². The fraction of sp³-hybridized carbons (Fsp3) is 0.400. The molecule has 0 bridgehead atoms. The molecule has 1 atom stereocenters. The molecule has 1 aliphatic carbocycles. The van der Waals surface area contributed by atoms with Crippen molar-refractivity contribution in [3.8, 4) is 0 Å². The van der Waals surface area contributed by atoms with Crippen molar-refractivity contribution in [2.24, 2.45) is 11.1 Å². The Morgan fingerprint density at radius 1 is 1.17 bits per heavy atom. The third kappa shape index (κ3) is 4.69.